The summed E-state index contributed by atoms with van der Waals surface area (Å²) in [4.78, 5) is 12.9. The van der Waals surface area contributed by atoms with Crippen molar-refractivity contribution in [3.05, 3.63) is 46.6 Å². The number of rotatable bonds is 3. The van der Waals surface area contributed by atoms with Crippen molar-refractivity contribution in [1.82, 2.24) is 15.1 Å². The Morgan fingerprint density at radius 3 is 2.86 bits per heavy atom. The van der Waals surface area contributed by atoms with Crippen molar-refractivity contribution in [2.75, 3.05) is 5.73 Å². The molecule has 0 radical (unpaired) electrons. The fraction of sp³-hybridized carbons (Fsp3) is 0.200. The van der Waals surface area contributed by atoms with E-state index in [2.05, 4.69) is 10.4 Å². The maximum absolute atomic E-state index is 12.3. The van der Waals surface area contributed by atoms with Crippen LogP contribution in [0.15, 0.2) is 30.5 Å². The van der Waals surface area contributed by atoms with Gasteiger partial charge in [-0.3, -0.25) is 9.48 Å². The maximum Gasteiger partial charge on any atom is 0.263 e. The molecular weight excluding hydrogens is 284 g/mol. The van der Waals surface area contributed by atoms with Crippen molar-refractivity contribution in [2.24, 2.45) is 7.05 Å². The lowest BCUT2D eigenvalue weighted by atomic mass is 10.2. The zero-order valence-electron chi connectivity index (χ0n) is 11.9. The van der Waals surface area contributed by atoms with Gasteiger partial charge in [-0.2, -0.15) is 5.10 Å². The number of benzene rings is 1. The fourth-order valence-corrected chi connectivity index (χ4v) is 3.25. The number of nitrogens with zero attached hydrogens (tertiary/aromatic N) is 2. The lowest BCUT2D eigenvalue weighted by Gasteiger charge is -2.04. The molecule has 3 N–H and O–H groups in total. The van der Waals surface area contributed by atoms with Gasteiger partial charge in [-0.25, -0.2) is 0 Å². The third kappa shape index (κ3) is 2.38. The smallest absolute Gasteiger partial charge is 0.263 e. The molecule has 0 aliphatic carbocycles. The number of nitrogen functional groups attached to an aromatic ring is 1. The van der Waals surface area contributed by atoms with Gasteiger partial charge in [-0.15, -0.1) is 11.3 Å². The minimum absolute atomic E-state index is 0.142. The number of nitrogens with one attached hydrogen (secondary N) is 1. The Hall–Kier alpha value is -2.34. The summed E-state index contributed by atoms with van der Waals surface area (Å²) in [7, 11) is 1.88. The largest absolute Gasteiger partial charge is 0.397 e. The predicted molar refractivity (Wildman–Crippen MR) is 85.4 cm³/mol. The van der Waals surface area contributed by atoms with E-state index in [1.54, 1.807) is 10.9 Å². The number of amides is 1. The number of hydrogen-bond acceptors (Lipinski definition) is 4. The molecule has 2 heterocycles. The van der Waals surface area contributed by atoms with Crippen LogP contribution in [0.3, 0.4) is 0 Å². The molecule has 6 heteroatoms. The van der Waals surface area contributed by atoms with Crippen LogP contribution in [0.5, 0.6) is 0 Å². The molecule has 3 aromatic rings. The molecule has 5 nitrogen and oxygen atoms in total. The molecule has 2 aromatic heterocycles. The quantitative estimate of drug-likeness (QED) is 0.780. The summed E-state index contributed by atoms with van der Waals surface area (Å²) in [6, 6.07) is 7.77. The lowest BCUT2D eigenvalue weighted by Crippen LogP contribution is -2.22. The van der Waals surface area contributed by atoms with E-state index in [1.807, 2.05) is 38.2 Å². The Labute approximate surface area is 126 Å². The monoisotopic (exact) mass is 300 g/mol. The number of nitrogens with two attached hydrogens (primary N) is 1. The fourth-order valence-electron chi connectivity index (χ4n) is 2.21. The van der Waals surface area contributed by atoms with Crippen molar-refractivity contribution in [3.8, 4) is 0 Å². The van der Waals surface area contributed by atoms with Crippen LogP contribution < -0.4 is 11.1 Å². The average molecular weight is 300 g/mol. The first-order chi connectivity index (χ1) is 10.1. The number of anilines is 1. The van der Waals surface area contributed by atoms with Crippen molar-refractivity contribution in [1.29, 1.82) is 0 Å². The van der Waals surface area contributed by atoms with Gasteiger partial charge >= 0.3 is 0 Å². The highest BCUT2D eigenvalue weighted by molar-refractivity contribution is 7.21. The van der Waals surface area contributed by atoms with Gasteiger partial charge < -0.3 is 11.1 Å². The molecule has 3 rings (SSSR count). The third-order valence-corrected chi connectivity index (χ3v) is 4.80. The van der Waals surface area contributed by atoms with Gasteiger partial charge in [0.1, 0.15) is 4.88 Å². The molecule has 0 aliphatic heterocycles. The van der Waals surface area contributed by atoms with Gasteiger partial charge in [0, 0.05) is 34.9 Å². The zero-order chi connectivity index (χ0) is 15.0. The van der Waals surface area contributed by atoms with E-state index in [0.29, 0.717) is 17.1 Å². The van der Waals surface area contributed by atoms with Crippen LogP contribution in [0.2, 0.25) is 0 Å². The second-order valence-corrected chi connectivity index (χ2v) is 5.95. The van der Waals surface area contributed by atoms with Gasteiger partial charge in [0.2, 0.25) is 0 Å². The number of aromatic nitrogens is 2. The highest BCUT2D eigenvalue weighted by Gasteiger charge is 2.16. The second kappa shape index (κ2) is 5.21. The minimum atomic E-state index is -0.142. The van der Waals surface area contributed by atoms with Gasteiger partial charge in [0.05, 0.1) is 11.9 Å². The Bertz CT molecular complexity index is 818. The summed E-state index contributed by atoms with van der Waals surface area (Å²) < 4.78 is 2.81. The van der Waals surface area contributed by atoms with Crippen LogP contribution in [-0.2, 0) is 13.6 Å². The molecule has 0 saturated carbocycles. The first-order valence-electron chi connectivity index (χ1n) is 6.60. The number of aryl methyl sites for hydroxylation is 1. The van der Waals surface area contributed by atoms with Crippen LogP contribution in [-0.4, -0.2) is 15.7 Å². The molecule has 1 amide bonds. The van der Waals surface area contributed by atoms with Crippen LogP contribution >= 0.6 is 11.3 Å². The minimum Gasteiger partial charge on any atom is -0.397 e. The molecule has 0 bridgehead atoms. The van der Waals surface area contributed by atoms with Gasteiger partial charge in [0.15, 0.2) is 0 Å². The van der Waals surface area contributed by atoms with Crippen LogP contribution in [0.4, 0.5) is 5.69 Å². The SMILES string of the molecule is Cc1c(CNC(=O)c2sc3ccccc3c2N)cnn1C. The molecular formula is C15H16N4OS. The van der Waals surface area contributed by atoms with Gasteiger partial charge in [-0.05, 0) is 13.0 Å². The van der Waals surface area contributed by atoms with Crippen molar-refractivity contribution in [2.45, 2.75) is 13.5 Å². The summed E-state index contributed by atoms with van der Waals surface area (Å²) in [5.41, 5.74) is 8.67. The van der Waals surface area contributed by atoms with Crippen LogP contribution in [0, 0.1) is 6.92 Å². The summed E-state index contributed by atoms with van der Waals surface area (Å²) in [5, 5.41) is 8.01. The summed E-state index contributed by atoms with van der Waals surface area (Å²) in [5.74, 6) is -0.142. The highest BCUT2D eigenvalue weighted by atomic mass is 32.1. The number of carbonyl (C=O) groups excluding carboxylic acids is 1. The third-order valence-electron chi connectivity index (χ3n) is 3.62. The Balaban J connectivity index is 1.81. The summed E-state index contributed by atoms with van der Waals surface area (Å²) in [6.45, 7) is 2.43. The molecule has 0 aliphatic rings. The van der Waals surface area contributed by atoms with Crippen molar-refractivity contribution < 1.29 is 4.79 Å². The molecule has 21 heavy (non-hydrogen) atoms. The maximum atomic E-state index is 12.3. The second-order valence-electron chi connectivity index (χ2n) is 4.90. The van der Waals surface area contributed by atoms with E-state index >= 15 is 0 Å². The van der Waals surface area contributed by atoms with Gasteiger partial charge in [0.25, 0.3) is 5.91 Å². The topological polar surface area (TPSA) is 72.9 Å². The number of hydrogen-bond donors (Lipinski definition) is 2. The molecule has 0 fully saturated rings. The summed E-state index contributed by atoms with van der Waals surface area (Å²) in [6.07, 6.45) is 1.77. The first kappa shape index (κ1) is 13.6. The van der Waals surface area contributed by atoms with Crippen LogP contribution in [0.1, 0.15) is 20.9 Å². The molecule has 0 atom stereocenters. The van der Waals surface area contributed by atoms with E-state index in [4.69, 9.17) is 5.73 Å². The Morgan fingerprint density at radius 1 is 1.43 bits per heavy atom. The molecule has 0 saturated heterocycles. The van der Waals surface area contributed by atoms with E-state index in [1.165, 1.54) is 11.3 Å². The molecule has 0 unspecified atom stereocenters. The Kier molecular flexibility index (Phi) is 3.39. The molecule has 0 spiro atoms. The average Bonchev–Trinajstić information content (AvgIpc) is 2.99. The number of carbonyl (C=O) groups is 1. The first-order valence-corrected chi connectivity index (χ1v) is 7.42. The van der Waals surface area contributed by atoms with Gasteiger partial charge in [-0.1, -0.05) is 18.2 Å². The molecule has 108 valence electrons. The van der Waals surface area contributed by atoms with Crippen LogP contribution in [0.25, 0.3) is 10.1 Å². The lowest BCUT2D eigenvalue weighted by molar-refractivity contribution is 0.0956. The van der Waals surface area contributed by atoms with E-state index in [9.17, 15) is 4.79 Å². The highest BCUT2D eigenvalue weighted by Crippen LogP contribution is 2.33. The van der Waals surface area contributed by atoms with Crippen molar-refractivity contribution in [3.63, 3.8) is 0 Å². The van der Waals surface area contributed by atoms with E-state index in [-0.39, 0.29) is 5.91 Å². The summed E-state index contributed by atoms with van der Waals surface area (Å²) >= 11 is 1.42. The van der Waals surface area contributed by atoms with Crippen molar-refractivity contribution >= 4 is 33.0 Å². The number of fused-ring (bicyclic) bond motifs is 1. The molecule has 1 aromatic carbocycles. The standard InChI is InChI=1S/C15H16N4OS/c1-9-10(8-18-19(9)2)7-17-15(20)14-13(16)11-5-3-4-6-12(11)21-14/h3-6,8H,7,16H2,1-2H3,(H,17,20). The zero-order valence-corrected chi connectivity index (χ0v) is 12.7. The van der Waals surface area contributed by atoms with E-state index in [0.717, 1.165) is 21.3 Å². The Morgan fingerprint density at radius 2 is 2.19 bits per heavy atom. The number of thiophene rings is 1. The normalized spacial score (nSPS) is 11.0. The predicted octanol–water partition coefficient (Wildman–Crippen LogP) is 2.46. The van der Waals surface area contributed by atoms with E-state index < -0.39 is 0 Å².